The highest BCUT2D eigenvalue weighted by atomic mass is 16.5. The summed E-state index contributed by atoms with van der Waals surface area (Å²) in [4.78, 5) is 34.5. The molecule has 16 heavy (non-hydrogen) atoms. The summed E-state index contributed by atoms with van der Waals surface area (Å²) in [5.41, 5.74) is 0. The van der Waals surface area contributed by atoms with E-state index in [1.165, 1.54) is 7.11 Å². The van der Waals surface area contributed by atoms with Gasteiger partial charge in [0.05, 0.1) is 13.5 Å². The van der Waals surface area contributed by atoms with Crippen LogP contribution in [0.5, 0.6) is 0 Å². The molecule has 1 fully saturated rings. The molecule has 0 aliphatic heterocycles. The smallest absolute Gasteiger partial charge is 0.316 e. The molecule has 4 heteroatoms. The van der Waals surface area contributed by atoms with Crippen LogP contribution in [0, 0.1) is 11.8 Å². The van der Waals surface area contributed by atoms with Gasteiger partial charge in [0.1, 0.15) is 11.7 Å². The lowest BCUT2D eigenvalue weighted by molar-refractivity contribution is -0.154. The summed E-state index contributed by atoms with van der Waals surface area (Å²) in [5, 5.41) is 0. The SMILES string of the molecule is CCCCC1CC(=O)CC(=O)C1C(=O)OC. The highest BCUT2D eigenvalue weighted by Gasteiger charge is 2.40. The Labute approximate surface area is 95.3 Å². The van der Waals surface area contributed by atoms with Crippen molar-refractivity contribution in [2.45, 2.75) is 39.0 Å². The van der Waals surface area contributed by atoms with Crippen LogP contribution >= 0.6 is 0 Å². The number of carbonyl (C=O) groups excluding carboxylic acids is 3. The fraction of sp³-hybridized carbons (Fsp3) is 0.750. The van der Waals surface area contributed by atoms with E-state index in [0.717, 1.165) is 19.3 Å². The monoisotopic (exact) mass is 226 g/mol. The summed E-state index contributed by atoms with van der Waals surface area (Å²) in [6.07, 6.45) is 2.90. The fourth-order valence-corrected chi connectivity index (χ4v) is 2.24. The molecular formula is C12H18O4. The van der Waals surface area contributed by atoms with Crippen molar-refractivity contribution in [1.82, 2.24) is 0 Å². The summed E-state index contributed by atoms with van der Waals surface area (Å²) < 4.78 is 4.63. The van der Waals surface area contributed by atoms with E-state index in [9.17, 15) is 14.4 Å². The summed E-state index contributed by atoms with van der Waals surface area (Å²) >= 11 is 0. The van der Waals surface area contributed by atoms with Crippen LogP contribution in [0.4, 0.5) is 0 Å². The van der Waals surface area contributed by atoms with E-state index in [1.807, 2.05) is 6.92 Å². The maximum absolute atomic E-state index is 11.7. The second-order valence-corrected chi connectivity index (χ2v) is 4.29. The maximum atomic E-state index is 11.7. The molecule has 4 nitrogen and oxygen atoms in total. The molecule has 0 bridgehead atoms. The molecule has 0 radical (unpaired) electrons. The average molecular weight is 226 g/mol. The Morgan fingerprint density at radius 1 is 1.44 bits per heavy atom. The van der Waals surface area contributed by atoms with Gasteiger partial charge < -0.3 is 4.74 Å². The molecule has 0 aromatic rings. The molecule has 0 amide bonds. The highest BCUT2D eigenvalue weighted by molar-refractivity contribution is 6.10. The van der Waals surface area contributed by atoms with Gasteiger partial charge in [0.15, 0.2) is 5.78 Å². The van der Waals surface area contributed by atoms with Crippen LogP contribution in [-0.2, 0) is 19.1 Å². The predicted octanol–water partition coefficient (Wildman–Crippen LogP) is 1.51. The first kappa shape index (κ1) is 12.9. The molecule has 2 atom stereocenters. The zero-order valence-corrected chi connectivity index (χ0v) is 9.82. The molecule has 1 aliphatic carbocycles. The molecule has 1 saturated carbocycles. The van der Waals surface area contributed by atoms with Crippen molar-refractivity contribution in [2.24, 2.45) is 11.8 Å². The standard InChI is InChI=1S/C12H18O4/c1-3-4-5-8-6-9(13)7-10(14)11(8)12(15)16-2/h8,11H,3-7H2,1-2H3. The number of ether oxygens (including phenoxy) is 1. The number of methoxy groups -OCH3 is 1. The van der Waals surface area contributed by atoms with Gasteiger partial charge in [-0.25, -0.2) is 0 Å². The van der Waals surface area contributed by atoms with E-state index >= 15 is 0 Å². The Bertz CT molecular complexity index is 295. The average Bonchev–Trinajstić information content (AvgIpc) is 2.24. The van der Waals surface area contributed by atoms with Gasteiger partial charge in [-0.2, -0.15) is 0 Å². The molecule has 1 rings (SSSR count). The van der Waals surface area contributed by atoms with Gasteiger partial charge in [-0.05, 0) is 12.3 Å². The minimum absolute atomic E-state index is 0.0498. The predicted molar refractivity (Wildman–Crippen MR) is 57.8 cm³/mol. The molecule has 0 spiro atoms. The van der Waals surface area contributed by atoms with Crippen molar-refractivity contribution >= 4 is 17.5 Å². The number of Topliss-reactive ketones (excluding diaryl/α,β-unsaturated/α-hetero) is 2. The lowest BCUT2D eigenvalue weighted by Gasteiger charge is -2.27. The van der Waals surface area contributed by atoms with Gasteiger partial charge in [0.25, 0.3) is 0 Å². The van der Waals surface area contributed by atoms with Crippen LogP contribution in [0.25, 0.3) is 0 Å². The minimum atomic E-state index is -0.714. The third-order valence-electron chi connectivity index (χ3n) is 3.06. The number of carbonyl (C=O) groups is 3. The lowest BCUT2D eigenvalue weighted by Crippen LogP contribution is -2.39. The first-order valence-electron chi connectivity index (χ1n) is 5.72. The van der Waals surface area contributed by atoms with Crippen molar-refractivity contribution in [2.75, 3.05) is 7.11 Å². The fourth-order valence-electron chi connectivity index (χ4n) is 2.24. The van der Waals surface area contributed by atoms with Crippen LogP contribution in [-0.4, -0.2) is 24.6 Å². The van der Waals surface area contributed by atoms with Crippen LogP contribution < -0.4 is 0 Å². The van der Waals surface area contributed by atoms with Gasteiger partial charge in [-0.15, -0.1) is 0 Å². The Balaban J connectivity index is 2.76. The summed E-state index contributed by atoms with van der Waals surface area (Å²) in [7, 11) is 1.28. The molecule has 0 N–H and O–H groups in total. The summed E-state index contributed by atoms with van der Waals surface area (Å²) in [6, 6.07) is 0. The van der Waals surface area contributed by atoms with E-state index in [4.69, 9.17) is 0 Å². The molecule has 90 valence electrons. The van der Waals surface area contributed by atoms with Gasteiger partial charge in [0.2, 0.25) is 0 Å². The van der Waals surface area contributed by atoms with Crippen LogP contribution in [0.3, 0.4) is 0 Å². The number of rotatable bonds is 4. The number of ketones is 2. The Morgan fingerprint density at radius 3 is 2.69 bits per heavy atom. The first-order valence-corrected chi connectivity index (χ1v) is 5.72. The number of esters is 1. The largest absolute Gasteiger partial charge is 0.468 e. The maximum Gasteiger partial charge on any atom is 0.316 e. The first-order chi connectivity index (χ1) is 7.60. The molecule has 1 aliphatic rings. The summed E-state index contributed by atoms with van der Waals surface area (Å²) in [6.45, 7) is 2.04. The zero-order valence-electron chi connectivity index (χ0n) is 9.82. The lowest BCUT2D eigenvalue weighted by atomic mass is 9.75. The number of hydrogen-bond acceptors (Lipinski definition) is 4. The van der Waals surface area contributed by atoms with E-state index < -0.39 is 11.9 Å². The Morgan fingerprint density at radius 2 is 2.12 bits per heavy atom. The van der Waals surface area contributed by atoms with E-state index in [-0.39, 0.29) is 23.9 Å². The van der Waals surface area contributed by atoms with Crippen molar-refractivity contribution in [3.05, 3.63) is 0 Å². The molecule has 2 unspecified atom stereocenters. The zero-order chi connectivity index (χ0) is 12.1. The van der Waals surface area contributed by atoms with Gasteiger partial charge in [-0.3, -0.25) is 14.4 Å². The number of unbranched alkanes of at least 4 members (excludes halogenated alkanes) is 1. The summed E-state index contributed by atoms with van der Waals surface area (Å²) in [5.74, 6) is -1.68. The normalized spacial score (nSPS) is 25.6. The van der Waals surface area contributed by atoms with Gasteiger partial charge in [-0.1, -0.05) is 19.8 Å². The van der Waals surface area contributed by atoms with E-state index in [2.05, 4.69) is 4.74 Å². The third-order valence-corrected chi connectivity index (χ3v) is 3.06. The molecular weight excluding hydrogens is 208 g/mol. The Hall–Kier alpha value is -1.19. The second kappa shape index (κ2) is 5.77. The molecule has 0 heterocycles. The van der Waals surface area contributed by atoms with Crippen LogP contribution in [0.15, 0.2) is 0 Å². The van der Waals surface area contributed by atoms with E-state index in [0.29, 0.717) is 6.42 Å². The van der Waals surface area contributed by atoms with Crippen molar-refractivity contribution in [1.29, 1.82) is 0 Å². The van der Waals surface area contributed by atoms with Crippen molar-refractivity contribution in [3.8, 4) is 0 Å². The van der Waals surface area contributed by atoms with Gasteiger partial charge in [0, 0.05) is 6.42 Å². The van der Waals surface area contributed by atoms with Crippen molar-refractivity contribution < 1.29 is 19.1 Å². The molecule has 0 saturated heterocycles. The van der Waals surface area contributed by atoms with Crippen LogP contribution in [0.1, 0.15) is 39.0 Å². The molecule has 0 aromatic carbocycles. The third kappa shape index (κ3) is 2.90. The number of hydrogen-bond donors (Lipinski definition) is 0. The van der Waals surface area contributed by atoms with Gasteiger partial charge >= 0.3 is 5.97 Å². The topological polar surface area (TPSA) is 60.4 Å². The van der Waals surface area contributed by atoms with Crippen molar-refractivity contribution in [3.63, 3.8) is 0 Å². The minimum Gasteiger partial charge on any atom is -0.468 e. The van der Waals surface area contributed by atoms with Crippen LogP contribution in [0.2, 0.25) is 0 Å². The quantitative estimate of drug-likeness (QED) is 0.538. The second-order valence-electron chi connectivity index (χ2n) is 4.29. The molecule has 0 aromatic heterocycles. The highest BCUT2D eigenvalue weighted by Crippen LogP contribution is 2.30. The Kier molecular flexibility index (Phi) is 4.65. The van der Waals surface area contributed by atoms with E-state index in [1.54, 1.807) is 0 Å².